The fourth-order valence-electron chi connectivity index (χ4n) is 1.82. The van der Waals surface area contributed by atoms with E-state index >= 15 is 0 Å². The van der Waals surface area contributed by atoms with Crippen LogP contribution in [0.25, 0.3) is 10.6 Å². The van der Waals surface area contributed by atoms with Crippen LogP contribution in [0.5, 0.6) is 0 Å². The van der Waals surface area contributed by atoms with E-state index in [1.54, 1.807) is 16.7 Å². The maximum absolute atomic E-state index is 12.1. The van der Waals surface area contributed by atoms with E-state index in [4.69, 9.17) is 5.11 Å². The Labute approximate surface area is 130 Å². The Bertz CT molecular complexity index is 620. The number of hydrogen-bond acceptors (Lipinski definition) is 5. The van der Waals surface area contributed by atoms with Crippen molar-refractivity contribution in [2.45, 2.75) is 26.3 Å². The lowest BCUT2D eigenvalue weighted by Crippen LogP contribution is -2.41. The van der Waals surface area contributed by atoms with Gasteiger partial charge in [0.1, 0.15) is 16.7 Å². The number of thiophene rings is 1. The van der Waals surface area contributed by atoms with Crippen molar-refractivity contribution >= 4 is 34.6 Å². The van der Waals surface area contributed by atoms with Crippen molar-refractivity contribution in [2.24, 2.45) is 5.92 Å². The molecule has 0 aromatic carbocycles. The van der Waals surface area contributed by atoms with Crippen LogP contribution < -0.4 is 5.32 Å². The second-order valence-corrected chi connectivity index (χ2v) is 6.68. The second kappa shape index (κ2) is 6.82. The molecular weight excluding hydrogens is 308 g/mol. The number of amides is 1. The van der Waals surface area contributed by atoms with Gasteiger partial charge in [-0.3, -0.25) is 4.79 Å². The molecule has 0 aliphatic carbocycles. The molecule has 0 radical (unpaired) electrons. The molecule has 0 aliphatic heterocycles. The molecule has 0 saturated heterocycles. The molecule has 2 N–H and O–H groups in total. The highest BCUT2D eigenvalue weighted by Crippen LogP contribution is 2.25. The normalized spacial score (nSPS) is 12.3. The van der Waals surface area contributed by atoms with Gasteiger partial charge in [0, 0.05) is 16.3 Å². The first kappa shape index (κ1) is 15.7. The number of nitrogens with one attached hydrogen (secondary N) is 1. The highest BCUT2D eigenvalue weighted by Gasteiger charge is 2.23. The molecule has 2 aromatic rings. The van der Waals surface area contributed by atoms with Crippen molar-refractivity contribution in [1.29, 1.82) is 0 Å². The molecule has 2 rings (SSSR count). The summed E-state index contributed by atoms with van der Waals surface area (Å²) in [4.78, 5) is 27.5. The van der Waals surface area contributed by atoms with Gasteiger partial charge in [0.05, 0.1) is 0 Å². The van der Waals surface area contributed by atoms with Gasteiger partial charge in [0.25, 0.3) is 5.91 Å². The molecule has 0 aliphatic rings. The Kier molecular flexibility index (Phi) is 5.08. The third-order valence-electron chi connectivity index (χ3n) is 2.82. The number of rotatable bonds is 6. The van der Waals surface area contributed by atoms with E-state index in [2.05, 4.69) is 10.3 Å². The molecule has 0 unspecified atom stereocenters. The summed E-state index contributed by atoms with van der Waals surface area (Å²) >= 11 is 2.93. The fraction of sp³-hybridized carbons (Fsp3) is 0.357. The van der Waals surface area contributed by atoms with E-state index in [0.29, 0.717) is 6.42 Å². The minimum atomic E-state index is -1.02. The van der Waals surface area contributed by atoms with Gasteiger partial charge >= 0.3 is 5.97 Å². The molecule has 2 heterocycles. The van der Waals surface area contributed by atoms with Gasteiger partial charge in [-0.05, 0) is 23.8 Å². The zero-order chi connectivity index (χ0) is 15.4. The number of hydrogen-bond donors (Lipinski definition) is 2. The van der Waals surface area contributed by atoms with Crippen molar-refractivity contribution in [3.63, 3.8) is 0 Å². The topological polar surface area (TPSA) is 79.3 Å². The summed E-state index contributed by atoms with van der Waals surface area (Å²) < 4.78 is 0. The largest absolute Gasteiger partial charge is 0.480 e. The summed E-state index contributed by atoms with van der Waals surface area (Å²) in [5.74, 6) is -1.28. The summed E-state index contributed by atoms with van der Waals surface area (Å²) in [6.07, 6.45) is 0.391. The Hall–Kier alpha value is -1.73. The maximum atomic E-state index is 12.1. The van der Waals surface area contributed by atoms with E-state index in [0.717, 1.165) is 10.6 Å². The van der Waals surface area contributed by atoms with Gasteiger partial charge < -0.3 is 10.4 Å². The van der Waals surface area contributed by atoms with Crippen molar-refractivity contribution in [2.75, 3.05) is 0 Å². The van der Waals surface area contributed by atoms with Crippen LogP contribution in [0.15, 0.2) is 22.2 Å². The van der Waals surface area contributed by atoms with E-state index in [-0.39, 0.29) is 11.6 Å². The van der Waals surface area contributed by atoms with Gasteiger partial charge in [0.15, 0.2) is 0 Å². The van der Waals surface area contributed by atoms with Crippen LogP contribution in [0.2, 0.25) is 0 Å². The van der Waals surface area contributed by atoms with Crippen molar-refractivity contribution in [1.82, 2.24) is 10.3 Å². The number of nitrogens with zero attached hydrogens (tertiary/aromatic N) is 1. The molecule has 2 aromatic heterocycles. The number of aromatic nitrogens is 1. The van der Waals surface area contributed by atoms with Crippen LogP contribution in [0.3, 0.4) is 0 Å². The minimum Gasteiger partial charge on any atom is -0.480 e. The van der Waals surface area contributed by atoms with Crippen LogP contribution in [0, 0.1) is 5.92 Å². The molecule has 21 heavy (non-hydrogen) atoms. The molecule has 0 fully saturated rings. The first-order valence-corrected chi connectivity index (χ1v) is 8.31. The molecule has 0 bridgehead atoms. The standard InChI is InChI=1S/C14H16N2O3S2/c1-8(2)5-10(14(18)19)15-12(17)11-7-21-13(16-11)9-3-4-20-6-9/h3-4,6-8,10H,5H2,1-2H3,(H,15,17)(H,18,19)/t10-/m0/s1. The Morgan fingerprint density at radius 2 is 2.14 bits per heavy atom. The molecule has 5 nitrogen and oxygen atoms in total. The lowest BCUT2D eigenvalue weighted by Gasteiger charge is -2.15. The molecule has 1 atom stereocenters. The maximum Gasteiger partial charge on any atom is 0.326 e. The number of carboxylic acid groups (broad SMARTS) is 1. The Morgan fingerprint density at radius 3 is 2.71 bits per heavy atom. The summed E-state index contributed by atoms with van der Waals surface area (Å²) in [5, 5.41) is 18.0. The summed E-state index contributed by atoms with van der Waals surface area (Å²) in [7, 11) is 0. The predicted molar refractivity (Wildman–Crippen MR) is 83.8 cm³/mol. The van der Waals surface area contributed by atoms with E-state index < -0.39 is 17.9 Å². The second-order valence-electron chi connectivity index (χ2n) is 5.04. The number of carboxylic acids is 1. The van der Waals surface area contributed by atoms with Crippen LogP contribution in [-0.4, -0.2) is 28.0 Å². The van der Waals surface area contributed by atoms with Crippen LogP contribution in [0.4, 0.5) is 0 Å². The van der Waals surface area contributed by atoms with Gasteiger partial charge in [-0.25, -0.2) is 9.78 Å². The van der Waals surface area contributed by atoms with Gasteiger partial charge in [-0.2, -0.15) is 11.3 Å². The number of aliphatic carboxylic acids is 1. The number of carbonyl (C=O) groups is 2. The van der Waals surface area contributed by atoms with Crippen molar-refractivity contribution < 1.29 is 14.7 Å². The first-order valence-electron chi connectivity index (χ1n) is 6.49. The van der Waals surface area contributed by atoms with E-state index in [9.17, 15) is 9.59 Å². The first-order chi connectivity index (χ1) is 9.97. The van der Waals surface area contributed by atoms with E-state index in [1.807, 2.05) is 30.7 Å². The summed E-state index contributed by atoms with van der Waals surface area (Å²) in [6, 6.07) is 1.05. The highest BCUT2D eigenvalue weighted by molar-refractivity contribution is 7.14. The van der Waals surface area contributed by atoms with E-state index in [1.165, 1.54) is 11.3 Å². The Balaban J connectivity index is 2.07. The third kappa shape index (κ3) is 4.12. The quantitative estimate of drug-likeness (QED) is 0.856. The lowest BCUT2D eigenvalue weighted by atomic mass is 10.0. The molecule has 7 heteroatoms. The van der Waals surface area contributed by atoms with Gasteiger partial charge in [-0.1, -0.05) is 13.8 Å². The van der Waals surface area contributed by atoms with Crippen LogP contribution >= 0.6 is 22.7 Å². The van der Waals surface area contributed by atoms with Crippen molar-refractivity contribution in [3.8, 4) is 10.6 Å². The fourth-order valence-corrected chi connectivity index (χ4v) is 3.33. The predicted octanol–water partition coefficient (Wildman–Crippen LogP) is 3.10. The van der Waals surface area contributed by atoms with Crippen LogP contribution in [-0.2, 0) is 4.79 Å². The van der Waals surface area contributed by atoms with Gasteiger partial charge in [-0.15, -0.1) is 11.3 Å². The lowest BCUT2D eigenvalue weighted by molar-refractivity contribution is -0.139. The zero-order valence-corrected chi connectivity index (χ0v) is 13.3. The monoisotopic (exact) mass is 324 g/mol. The van der Waals surface area contributed by atoms with Crippen LogP contribution in [0.1, 0.15) is 30.8 Å². The summed E-state index contributed by atoms with van der Waals surface area (Å²) in [5.41, 5.74) is 1.23. The molecule has 0 spiro atoms. The third-order valence-corrected chi connectivity index (χ3v) is 4.39. The average Bonchev–Trinajstić information content (AvgIpc) is 3.08. The smallest absolute Gasteiger partial charge is 0.326 e. The van der Waals surface area contributed by atoms with Crippen molar-refractivity contribution in [3.05, 3.63) is 27.9 Å². The molecular formula is C14H16N2O3S2. The highest BCUT2D eigenvalue weighted by atomic mass is 32.1. The molecule has 1 amide bonds. The number of carbonyl (C=O) groups excluding carboxylic acids is 1. The average molecular weight is 324 g/mol. The zero-order valence-electron chi connectivity index (χ0n) is 11.7. The SMILES string of the molecule is CC(C)C[C@H](NC(=O)c1csc(-c2ccsc2)n1)C(=O)O. The Morgan fingerprint density at radius 1 is 1.38 bits per heavy atom. The van der Waals surface area contributed by atoms with Gasteiger partial charge in [0.2, 0.25) is 0 Å². The number of thiazole rings is 1. The molecule has 112 valence electrons. The minimum absolute atomic E-state index is 0.184. The molecule has 0 saturated carbocycles. The summed E-state index contributed by atoms with van der Waals surface area (Å²) in [6.45, 7) is 3.83.